The highest BCUT2D eigenvalue weighted by atomic mass is 16.5. The van der Waals surface area contributed by atoms with E-state index in [9.17, 15) is 9.59 Å². The van der Waals surface area contributed by atoms with E-state index in [-0.39, 0.29) is 24.1 Å². The molecule has 7 nitrogen and oxygen atoms in total. The van der Waals surface area contributed by atoms with E-state index in [2.05, 4.69) is 5.32 Å². The molecule has 4 rings (SSSR count). The number of fused-ring (bicyclic) bond motifs is 2. The first-order chi connectivity index (χ1) is 14.6. The first-order valence-electron chi connectivity index (χ1n) is 9.57. The number of ether oxygens (including phenoxy) is 3. The molecular weight excluding hydrogens is 384 g/mol. The molecule has 0 atom stereocenters. The van der Waals surface area contributed by atoms with E-state index in [4.69, 9.17) is 14.2 Å². The van der Waals surface area contributed by atoms with Crippen molar-refractivity contribution in [1.82, 2.24) is 9.88 Å². The number of aromatic nitrogens is 1. The predicted molar refractivity (Wildman–Crippen MR) is 113 cm³/mol. The second kappa shape index (κ2) is 8.42. The molecule has 0 bridgehead atoms. The van der Waals surface area contributed by atoms with Crippen molar-refractivity contribution in [2.75, 3.05) is 26.9 Å². The van der Waals surface area contributed by atoms with Crippen LogP contribution < -0.4 is 14.8 Å². The van der Waals surface area contributed by atoms with E-state index in [0.717, 1.165) is 16.5 Å². The largest absolute Gasteiger partial charge is 0.484 e. The van der Waals surface area contributed by atoms with Gasteiger partial charge in [0.05, 0.1) is 12.2 Å². The number of carbonyl (C=O) groups excluding carboxylic acids is 2. The summed E-state index contributed by atoms with van der Waals surface area (Å²) in [7, 11) is 3.53. The molecule has 2 heterocycles. The number of rotatable bonds is 7. The zero-order valence-electron chi connectivity index (χ0n) is 16.8. The fourth-order valence-electron chi connectivity index (χ4n) is 3.38. The van der Waals surface area contributed by atoms with E-state index in [0.29, 0.717) is 30.2 Å². The molecule has 2 aromatic carbocycles. The summed E-state index contributed by atoms with van der Waals surface area (Å²) in [4.78, 5) is 24.5. The summed E-state index contributed by atoms with van der Waals surface area (Å²) in [6, 6.07) is 12.9. The fourth-order valence-corrected chi connectivity index (χ4v) is 3.38. The lowest BCUT2D eigenvalue weighted by atomic mass is 10.1. The summed E-state index contributed by atoms with van der Waals surface area (Å²) in [5.74, 6) is 0.706. The SMILES string of the molecule is COCCNC(=O)COc1ccc2c(c1)O/C(=C/c1cn(C)c3ccccc13)C2=O. The number of hydrogen-bond acceptors (Lipinski definition) is 5. The number of benzene rings is 2. The van der Waals surface area contributed by atoms with Crippen molar-refractivity contribution in [3.8, 4) is 11.5 Å². The van der Waals surface area contributed by atoms with Crippen molar-refractivity contribution in [3.63, 3.8) is 0 Å². The maximum atomic E-state index is 12.8. The highest BCUT2D eigenvalue weighted by molar-refractivity contribution is 6.15. The summed E-state index contributed by atoms with van der Waals surface area (Å²) in [6.45, 7) is 0.727. The lowest BCUT2D eigenvalue weighted by Crippen LogP contribution is -2.31. The molecule has 0 aliphatic carbocycles. The van der Waals surface area contributed by atoms with Crippen molar-refractivity contribution >= 4 is 28.7 Å². The number of nitrogens with one attached hydrogen (secondary N) is 1. The molecule has 154 valence electrons. The minimum atomic E-state index is -0.249. The van der Waals surface area contributed by atoms with Crippen LogP contribution in [0.25, 0.3) is 17.0 Å². The highest BCUT2D eigenvalue weighted by Gasteiger charge is 2.28. The van der Waals surface area contributed by atoms with Gasteiger partial charge in [0.15, 0.2) is 12.4 Å². The number of hydrogen-bond donors (Lipinski definition) is 1. The maximum absolute atomic E-state index is 12.8. The van der Waals surface area contributed by atoms with Gasteiger partial charge >= 0.3 is 0 Å². The van der Waals surface area contributed by atoms with Crippen LogP contribution in [0.15, 0.2) is 54.4 Å². The third-order valence-electron chi connectivity index (χ3n) is 4.85. The first kappa shape index (κ1) is 19.7. The second-order valence-electron chi connectivity index (χ2n) is 6.94. The minimum absolute atomic E-state index is 0.130. The number of allylic oxidation sites excluding steroid dienone is 1. The zero-order valence-corrected chi connectivity index (χ0v) is 16.8. The standard InChI is InChI=1S/C23H22N2O5/c1-25-13-15(17-5-3-4-6-19(17)25)11-21-23(27)18-8-7-16(12-20(18)30-21)29-14-22(26)24-9-10-28-2/h3-8,11-13H,9-10,14H2,1-2H3,(H,24,26)/b21-11+. The van der Waals surface area contributed by atoms with Gasteiger partial charge in [-0.05, 0) is 24.3 Å². The van der Waals surface area contributed by atoms with Gasteiger partial charge in [-0.3, -0.25) is 9.59 Å². The molecule has 0 radical (unpaired) electrons. The van der Waals surface area contributed by atoms with Gasteiger partial charge in [0.25, 0.3) is 5.91 Å². The van der Waals surface area contributed by atoms with Gasteiger partial charge in [0.1, 0.15) is 11.5 Å². The van der Waals surface area contributed by atoms with E-state index >= 15 is 0 Å². The number of nitrogens with zero attached hydrogens (tertiary/aromatic N) is 1. The number of carbonyl (C=O) groups is 2. The van der Waals surface area contributed by atoms with Gasteiger partial charge in [-0.15, -0.1) is 0 Å². The molecule has 7 heteroatoms. The van der Waals surface area contributed by atoms with E-state index in [1.807, 2.05) is 42.1 Å². The van der Waals surface area contributed by atoms with Gasteiger partial charge in [-0.2, -0.15) is 0 Å². The fraction of sp³-hybridized carbons (Fsp3) is 0.217. The normalized spacial score (nSPS) is 14.1. The molecule has 1 aliphatic heterocycles. The van der Waals surface area contributed by atoms with Crippen molar-refractivity contribution in [3.05, 3.63) is 65.5 Å². The summed E-state index contributed by atoms with van der Waals surface area (Å²) in [5.41, 5.74) is 2.46. The molecule has 3 aromatic rings. The molecule has 1 aromatic heterocycles. The van der Waals surface area contributed by atoms with Crippen molar-refractivity contribution in [2.24, 2.45) is 7.05 Å². The average molecular weight is 406 g/mol. The van der Waals surface area contributed by atoms with E-state index < -0.39 is 0 Å². The van der Waals surface area contributed by atoms with Gasteiger partial charge in [0, 0.05) is 49.4 Å². The Morgan fingerprint density at radius 3 is 2.90 bits per heavy atom. The second-order valence-corrected chi connectivity index (χ2v) is 6.94. The molecule has 0 fully saturated rings. The topological polar surface area (TPSA) is 78.8 Å². The van der Waals surface area contributed by atoms with Crippen molar-refractivity contribution < 1.29 is 23.8 Å². The van der Waals surface area contributed by atoms with Crippen molar-refractivity contribution in [2.45, 2.75) is 0 Å². The summed E-state index contributed by atoms with van der Waals surface area (Å²) in [6.07, 6.45) is 3.72. The summed E-state index contributed by atoms with van der Waals surface area (Å²) >= 11 is 0. The predicted octanol–water partition coefficient (Wildman–Crippen LogP) is 2.94. The summed E-state index contributed by atoms with van der Waals surface area (Å²) in [5, 5.41) is 3.72. The minimum Gasteiger partial charge on any atom is -0.484 e. The summed E-state index contributed by atoms with van der Waals surface area (Å²) < 4.78 is 18.2. The zero-order chi connectivity index (χ0) is 21.1. The van der Waals surface area contributed by atoms with Gasteiger partial charge in [-0.1, -0.05) is 18.2 Å². The number of para-hydroxylation sites is 1. The van der Waals surface area contributed by atoms with Gasteiger partial charge < -0.3 is 24.1 Å². The Balaban J connectivity index is 1.49. The lowest BCUT2D eigenvalue weighted by molar-refractivity contribution is -0.123. The van der Waals surface area contributed by atoms with Crippen LogP contribution >= 0.6 is 0 Å². The number of Topliss-reactive ketones (excluding diaryl/α,β-unsaturated/α-hetero) is 1. The Hall–Kier alpha value is -3.58. The molecule has 1 aliphatic rings. The van der Waals surface area contributed by atoms with E-state index in [1.54, 1.807) is 31.4 Å². The van der Waals surface area contributed by atoms with Crippen LogP contribution in [0.5, 0.6) is 11.5 Å². The molecule has 30 heavy (non-hydrogen) atoms. The lowest BCUT2D eigenvalue weighted by Gasteiger charge is -2.08. The smallest absolute Gasteiger partial charge is 0.258 e. The third kappa shape index (κ3) is 3.92. The highest BCUT2D eigenvalue weighted by Crippen LogP contribution is 2.35. The van der Waals surface area contributed by atoms with Crippen LogP contribution in [0.2, 0.25) is 0 Å². The Bertz CT molecular complexity index is 1150. The van der Waals surface area contributed by atoms with Crippen molar-refractivity contribution in [1.29, 1.82) is 0 Å². The van der Waals surface area contributed by atoms with Crippen LogP contribution in [0.3, 0.4) is 0 Å². The molecule has 1 amide bonds. The van der Waals surface area contributed by atoms with Crippen LogP contribution in [0.1, 0.15) is 15.9 Å². The van der Waals surface area contributed by atoms with Gasteiger partial charge in [-0.25, -0.2) is 0 Å². The van der Waals surface area contributed by atoms with Crippen LogP contribution in [0, 0.1) is 0 Å². The molecule has 0 saturated carbocycles. The van der Waals surface area contributed by atoms with Crippen LogP contribution in [-0.4, -0.2) is 43.1 Å². The quantitative estimate of drug-likeness (QED) is 0.482. The maximum Gasteiger partial charge on any atom is 0.258 e. The Kier molecular flexibility index (Phi) is 5.54. The molecule has 0 unspecified atom stereocenters. The molecule has 0 saturated heterocycles. The third-order valence-corrected chi connectivity index (χ3v) is 4.85. The number of amides is 1. The number of ketones is 1. The Morgan fingerprint density at radius 1 is 1.23 bits per heavy atom. The van der Waals surface area contributed by atoms with Crippen LogP contribution in [0.4, 0.5) is 0 Å². The number of methoxy groups -OCH3 is 1. The van der Waals surface area contributed by atoms with E-state index in [1.165, 1.54) is 0 Å². The number of aryl methyl sites for hydroxylation is 1. The monoisotopic (exact) mass is 406 g/mol. The molecule has 0 spiro atoms. The Morgan fingerprint density at radius 2 is 2.07 bits per heavy atom. The molecular formula is C23H22N2O5. The first-order valence-corrected chi connectivity index (χ1v) is 9.57. The average Bonchev–Trinajstić information content (AvgIpc) is 3.23. The van der Waals surface area contributed by atoms with Gasteiger partial charge in [0.2, 0.25) is 5.78 Å². The Labute approximate surface area is 173 Å². The van der Waals surface area contributed by atoms with Crippen LogP contribution in [-0.2, 0) is 16.6 Å². The molecule has 1 N–H and O–H groups in total.